The number of carbonyl (C=O) groups is 1. The molecule has 2 aromatic carbocycles. The van der Waals surface area contributed by atoms with Crippen molar-refractivity contribution in [2.75, 3.05) is 14.2 Å². The van der Waals surface area contributed by atoms with Crippen molar-refractivity contribution in [3.8, 4) is 11.5 Å². The first-order valence-corrected chi connectivity index (χ1v) is 9.24. The van der Waals surface area contributed by atoms with Crippen molar-refractivity contribution < 1.29 is 14.3 Å². The molecule has 0 radical (unpaired) electrons. The molecule has 0 aliphatic heterocycles. The molecular weight excluding hydrogens is 354 g/mol. The maximum absolute atomic E-state index is 12.8. The summed E-state index contributed by atoms with van der Waals surface area (Å²) in [5.41, 5.74) is 3.51. The Bertz CT molecular complexity index is 935. The monoisotopic (exact) mass is 379 g/mol. The zero-order chi connectivity index (χ0) is 19.9. The maximum atomic E-state index is 12.8. The summed E-state index contributed by atoms with van der Waals surface area (Å²) < 4.78 is 12.6. The van der Waals surface area contributed by atoms with E-state index in [0.29, 0.717) is 30.2 Å². The summed E-state index contributed by atoms with van der Waals surface area (Å²) in [7, 11) is 3.18. The fourth-order valence-electron chi connectivity index (χ4n) is 3.23. The highest BCUT2D eigenvalue weighted by atomic mass is 16.5. The lowest BCUT2D eigenvalue weighted by molar-refractivity contribution is 0.0949. The van der Waals surface area contributed by atoms with E-state index in [1.165, 1.54) is 0 Å². The Kier molecular flexibility index (Phi) is 6.32. The molecule has 0 fully saturated rings. The van der Waals surface area contributed by atoms with Crippen LogP contribution in [0, 0.1) is 0 Å². The molecule has 0 aliphatic carbocycles. The van der Waals surface area contributed by atoms with E-state index in [4.69, 9.17) is 9.47 Å². The van der Waals surface area contributed by atoms with Gasteiger partial charge in [0.05, 0.1) is 38.2 Å². The van der Waals surface area contributed by atoms with Crippen LogP contribution < -0.4 is 14.8 Å². The van der Waals surface area contributed by atoms with E-state index in [1.54, 1.807) is 20.4 Å². The number of nitrogens with zero attached hydrogens (tertiary/aromatic N) is 2. The first-order chi connectivity index (χ1) is 13.7. The molecule has 6 nitrogen and oxygen atoms in total. The van der Waals surface area contributed by atoms with Gasteiger partial charge in [0.25, 0.3) is 5.91 Å². The molecule has 0 aliphatic rings. The van der Waals surface area contributed by atoms with Gasteiger partial charge in [0.15, 0.2) is 11.5 Å². The first-order valence-electron chi connectivity index (χ1n) is 9.24. The topological polar surface area (TPSA) is 65.4 Å². The van der Waals surface area contributed by atoms with E-state index in [0.717, 1.165) is 23.2 Å². The van der Waals surface area contributed by atoms with Gasteiger partial charge >= 0.3 is 0 Å². The van der Waals surface area contributed by atoms with Gasteiger partial charge in [-0.3, -0.25) is 9.48 Å². The lowest BCUT2D eigenvalue weighted by atomic mass is 10.1. The second-order valence-electron chi connectivity index (χ2n) is 6.34. The molecular formula is C22H25N3O3. The highest BCUT2D eigenvalue weighted by Crippen LogP contribution is 2.30. The molecule has 3 rings (SSSR count). The Morgan fingerprint density at radius 1 is 1.07 bits per heavy atom. The number of rotatable bonds is 8. The molecule has 1 aromatic heterocycles. The van der Waals surface area contributed by atoms with Crippen LogP contribution in [0.2, 0.25) is 0 Å². The Labute approximate surface area is 165 Å². The highest BCUT2D eigenvalue weighted by Gasteiger charge is 2.17. The van der Waals surface area contributed by atoms with E-state index < -0.39 is 0 Å². The number of hydrogen-bond donors (Lipinski definition) is 1. The van der Waals surface area contributed by atoms with Crippen LogP contribution in [-0.4, -0.2) is 29.9 Å². The van der Waals surface area contributed by atoms with Gasteiger partial charge in [0.1, 0.15) is 0 Å². The van der Waals surface area contributed by atoms with Crippen molar-refractivity contribution in [2.45, 2.75) is 26.4 Å². The van der Waals surface area contributed by atoms with Crippen LogP contribution in [0.15, 0.2) is 54.7 Å². The summed E-state index contributed by atoms with van der Waals surface area (Å²) in [5.74, 6) is 1.11. The summed E-state index contributed by atoms with van der Waals surface area (Å²) in [4.78, 5) is 12.8. The van der Waals surface area contributed by atoms with Crippen LogP contribution in [0.4, 0.5) is 0 Å². The van der Waals surface area contributed by atoms with Gasteiger partial charge < -0.3 is 14.8 Å². The molecule has 0 bridgehead atoms. The molecule has 3 aromatic rings. The average Bonchev–Trinajstić information content (AvgIpc) is 3.14. The number of aromatic nitrogens is 2. The predicted molar refractivity (Wildman–Crippen MR) is 108 cm³/mol. The number of carbonyl (C=O) groups excluding carboxylic acids is 1. The smallest absolute Gasteiger partial charge is 0.255 e. The SMILES string of the molecule is CCc1c(C(=O)NCc2cccc(OC)c2OC)cnn1Cc1ccccc1. The lowest BCUT2D eigenvalue weighted by Crippen LogP contribution is -2.24. The molecule has 0 saturated heterocycles. The number of amides is 1. The number of ether oxygens (including phenoxy) is 2. The minimum absolute atomic E-state index is 0.152. The van der Waals surface area contributed by atoms with E-state index in [9.17, 15) is 4.79 Å². The van der Waals surface area contributed by atoms with Gasteiger partial charge in [0, 0.05) is 12.1 Å². The molecule has 1 heterocycles. The molecule has 28 heavy (non-hydrogen) atoms. The minimum Gasteiger partial charge on any atom is -0.493 e. The van der Waals surface area contributed by atoms with Crippen molar-refractivity contribution in [2.24, 2.45) is 0 Å². The molecule has 0 saturated carbocycles. The third-order valence-electron chi connectivity index (χ3n) is 4.63. The van der Waals surface area contributed by atoms with Crippen molar-refractivity contribution in [1.29, 1.82) is 0 Å². The third-order valence-corrected chi connectivity index (χ3v) is 4.63. The molecule has 0 unspecified atom stereocenters. The lowest BCUT2D eigenvalue weighted by Gasteiger charge is -2.13. The number of nitrogens with one attached hydrogen (secondary N) is 1. The van der Waals surface area contributed by atoms with Gasteiger partial charge in [-0.05, 0) is 18.1 Å². The molecule has 6 heteroatoms. The predicted octanol–water partition coefficient (Wildman–Crippen LogP) is 3.44. The molecule has 1 N–H and O–H groups in total. The minimum atomic E-state index is -0.152. The van der Waals surface area contributed by atoms with Crippen LogP contribution in [0.25, 0.3) is 0 Å². The van der Waals surface area contributed by atoms with Crippen LogP contribution in [0.5, 0.6) is 11.5 Å². The Hall–Kier alpha value is -3.28. The second-order valence-corrected chi connectivity index (χ2v) is 6.34. The number of hydrogen-bond acceptors (Lipinski definition) is 4. The maximum Gasteiger partial charge on any atom is 0.255 e. The summed E-state index contributed by atoms with van der Waals surface area (Å²) in [6.45, 7) is 3.01. The van der Waals surface area contributed by atoms with Gasteiger partial charge in [0.2, 0.25) is 0 Å². The fourth-order valence-corrected chi connectivity index (χ4v) is 3.23. The van der Waals surface area contributed by atoms with E-state index >= 15 is 0 Å². The number of methoxy groups -OCH3 is 2. The van der Waals surface area contributed by atoms with Crippen molar-refractivity contribution in [1.82, 2.24) is 15.1 Å². The third kappa shape index (κ3) is 4.17. The number of benzene rings is 2. The normalized spacial score (nSPS) is 10.5. The quantitative estimate of drug-likeness (QED) is 0.651. The standard InChI is InChI=1S/C22H25N3O3/c1-4-19-18(14-24-25(19)15-16-9-6-5-7-10-16)22(26)23-13-17-11-8-12-20(27-2)21(17)28-3/h5-12,14H,4,13,15H2,1-3H3,(H,23,26). The largest absolute Gasteiger partial charge is 0.493 e. The fraction of sp³-hybridized carbons (Fsp3) is 0.273. The van der Waals surface area contributed by atoms with Gasteiger partial charge in [-0.15, -0.1) is 0 Å². The average molecular weight is 379 g/mol. The first kappa shape index (κ1) is 19.5. The molecule has 1 amide bonds. The van der Waals surface area contributed by atoms with Crippen molar-refractivity contribution in [3.05, 3.63) is 77.1 Å². The summed E-state index contributed by atoms with van der Waals surface area (Å²) >= 11 is 0. The van der Waals surface area contributed by atoms with Crippen LogP contribution in [0.3, 0.4) is 0 Å². The highest BCUT2D eigenvalue weighted by molar-refractivity contribution is 5.95. The zero-order valence-electron chi connectivity index (χ0n) is 16.4. The molecule has 0 atom stereocenters. The van der Waals surface area contributed by atoms with Gasteiger partial charge in [-0.1, -0.05) is 49.4 Å². The van der Waals surface area contributed by atoms with Gasteiger partial charge in [-0.25, -0.2) is 0 Å². The van der Waals surface area contributed by atoms with Crippen molar-refractivity contribution in [3.63, 3.8) is 0 Å². The summed E-state index contributed by atoms with van der Waals surface area (Å²) in [6, 6.07) is 15.7. The summed E-state index contributed by atoms with van der Waals surface area (Å²) in [6.07, 6.45) is 2.36. The van der Waals surface area contributed by atoms with Gasteiger partial charge in [-0.2, -0.15) is 5.10 Å². The van der Waals surface area contributed by atoms with Crippen LogP contribution in [0.1, 0.15) is 34.1 Å². The Balaban J connectivity index is 1.75. The molecule has 0 spiro atoms. The van der Waals surface area contributed by atoms with Crippen LogP contribution in [-0.2, 0) is 19.5 Å². The Morgan fingerprint density at radius 2 is 1.86 bits per heavy atom. The Morgan fingerprint density at radius 3 is 2.54 bits per heavy atom. The van der Waals surface area contributed by atoms with Crippen molar-refractivity contribution >= 4 is 5.91 Å². The zero-order valence-corrected chi connectivity index (χ0v) is 16.4. The van der Waals surface area contributed by atoms with Crippen LogP contribution >= 0.6 is 0 Å². The van der Waals surface area contributed by atoms with E-state index in [1.807, 2.05) is 48.0 Å². The number of para-hydroxylation sites is 1. The summed E-state index contributed by atoms with van der Waals surface area (Å²) in [5, 5.41) is 7.40. The molecule has 146 valence electrons. The second kappa shape index (κ2) is 9.08. The van der Waals surface area contributed by atoms with E-state index in [-0.39, 0.29) is 5.91 Å². The van der Waals surface area contributed by atoms with E-state index in [2.05, 4.69) is 22.5 Å².